The molecule has 0 radical (unpaired) electrons. The number of aryl methyl sites for hydroxylation is 1. The Labute approximate surface area is 106 Å². The van der Waals surface area contributed by atoms with Crippen molar-refractivity contribution in [3.05, 3.63) is 29.3 Å². The monoisotopic (exact) mass is 247 g/mol. The highest BCUT2D eigenvalue weighted by Crippen LogP contribution is 2.29. The van der Waals surface area contributed by atoms with Crippen molar-refractivity contribution in [2.75, 3.05) is 5.32 Å². The van der Waals surface area contributed by atoms with Gasteiger partial charge >= 0.3 is 5.97 Å². The van der Waals surface area contributed by atoms with Gasteiger partial charge in [0.2, 0.25) is 5.91 Å². The lowest BCUT2D eigenvalue weighted by molar-refractivity contribution is -0.117. The number of carbonyl (C=O) groups is 2. The van der Waals surface area contributed by atoms with Gasteiger partial charge in [0.1, 0.15) is 0 Å². The average molecular weight is 247 g/mol. The molecule has 1 aromatic rings. The molecule has 18 heavy (non-hydrogen) atoms. The van der Waals surface area contributed by atoms with Gasteiger partial charge in [-0.05, 0) is 49.4 Å². The van der Waals surface area contributed by atoms with Gasteiger partial charge in [-0.1, -0.05) is 6.42 Å². The molecule has 96 valence electrons. The first-order chi connectivity index (χ1) is 8.56. The second-order valence-electron chi connectivity index (χ2n) is 4.88. The van der Waals surface area contributed by atoms with E-state index in [2.05, 4.69) is 5.32 Å². The molecular formula is C14H17NO3. The Hall–Kier alpha value is -1.84. The zero-order valence-electron chi connectivity index (χ0n) is 10.4. The molecule has 4 heteroatoms. The summed E-state index contributed by atoms with van der Waals surface area (Å²) in [5, 5.41) is 11.7. The number of amides is 1. The molecule has 4 nitrogen and oxygen atoms in total. The van der Waals surface area contributed by atoms with E-state index in [4.69, 9.17) is 5.11 Å². The summed E-state index contributed by atoms with van der Waals surface area (Å²) in [6.45, 7) is 1.73. The number of hydrogen-bond acceptors (Lipinski definition) is 2. The van der Waals surface area contributed by atoms with E-state index in [1.807, 2.05) is 0 Å². The lowest BCUT2D eigenvalue weighted by Gasteiger charge is -2.24. The standard InChI is InChI=1S/C14H17NO3/c1-9-7-11(5-6-12(9)14(17)18)15-13(16)8-10-3-2-4-10/h5-7,10H,2-4,8H2,1H3,(H,15,16)(H,17,18). The van der Waals surface area contributed by atoms with Gasteiger partial charge in [0.05, 0.1) is 5.56 Å². The molecule has 1 amide bonds. The zero-order chi connectivity index (χ0) is 13.1. The van der Waals surface area contributed by atoms with Gasteiger partial charge in [0, 0.05) is 12.1 Å². The summed E-state index contributed by atoms with van der Waals surface area (Å²) in [6, 6.07) is 4.86. The number of rotatable bonds is 4. The van der Waals surface area contributed by atoms with Crippen molar-refractivity contribution in [1.82, 2.24) is 0 Å². The van der Waals surface area contributed by atoms with Crippen LogP contribution < -0.4 is 5.32 Å². The molecule has 1 fully saturated rings. The Morgan fingerprint density at radius 3 is 2.61 bits per heavy atom. The smallest absolute Gasteiger partial charge is 0.335 e. The fourth-order valence-corrected chi connectivity index (χ4v) is 2.15. The third kappa shape index (κ3) is 2.88. The molecule has 0 aromatic heterocycles. The Balaban J connectivity index is 1.98. The molecule has 0 spiro atoms. The largest absolute Gasteiger partial charge is 0.478 e. The molecule has 0 saturated heterocycles. The van der Waals surface area contributed by atoms with E-state index < -0.39 is 5.97 Å². The van der Waals surface area contributed by atoms with Gasteiger partial charge in [-0.25, -0.2) is 4.79 Å². The number of carbonyl (C=O) groups excluding carboxylic acids is 1. The van der Waals surface area contributed by atoms with E-state index in [-0.39, 0.29) is 11.5 Å². The maximum atomic E-state index is 11.7. The molecule has 2 N–H and O–H groups in total. The van der Waals surface area contributed by atoms with Crippen LogP contribution >= 0.6 is 0 Å². The third-order valence-electron chi connectivity index (χ3n) is 3.44. The molecular weight excluding hydrogens is 230 g/mol. The molecule has 1 aromatic carbocycles. The Kier molecular flexibility index (Phi) is 3.65. The van der Waals surface area contributed by atoms with Crippen LogP contribution in [0.5, 0.6) is 0 Å². The van der Waals surface area contributed by atoms with Crippen molar-refractivity contribution in [3.63, 3.8) is 0 Å². The lowest BCUT2D eigenvalue weighted by atomic mass is 9.83. The van der Waals surface area contributed by atoms with Crippen LogP contribution in [0.15, 0.2) is 18.2 Å². The number of hydrogen-bond donors (Lipinski definition) is 2. The highest BCUT2D eigenvalue weighted by molar-refractivity contribution is 5.93. The molecule has 0 heterocycles. The van der Waals surface area contributed by atoms with Crippen molar-refractivity contribution in [1.29, 1.82) is 0 Å². The highest BCUT2D eigenvalue weighted by atomic mass is 16.4. The first-order valence-corrected chi connectivity index (χ1v) is 6.20. The summed E-state index contributed by atoms with van der Waals surface area (Å²) in [7, 11) is 0. The SMILES string of the molecule is Cc1cc(NC(=O)CC2CCC2)ccc1C(=O)O. The van der Waals surface area contributed by atoms with E-state index in [0.717, 1.165) is 12.8 Å². The van der Waals surface area contributed by atoms with Crippen LogP contribution in [-0.4, -0.2) is 17.0 Å². The fraction of sp³-hybridized carbons (Fsp3) is 0.429. The zero-order valence-corrected chi connectivity index (χ0v) is 10.4. The maximum absolute atomic E-state index is 11.7. The number of aromatic carboxylic acids is 1. The van der Waals surface area contributed by atoms with E-state index in [1.54, 1.807) is 19.1 Å². The summed E-state index contributed by atoms with van der Waals surface area (Å²) in [5.74, 6) is -0.397. The predicted octanol–water partition coefficient (Wildman–Crippen LogP) is 2.82. The van der Waals surface area contributed by atoms with Crippen LogP contribution in [0.3, 0.4) is 0 Å². The van der Waals surface area contributed by atoms with Crippen molar-refractivity contribution in [3.8, 4) is 0 Å². The van der Waals surface area contributed by atoms with Crippen LogP contribution in [0.2, 0.25) is 0 Å². The summed E-state index contributed by atoms with van der Waals surface area (Å²) < 4.78 is 0. The topological polar surface area (TPSA) is 66.4 Å². The van der Waals surface area contributed by atoms with E-state index in [1.165, 1.54) is 12.5 Å². The van der Waals surface area contributed by atoms with Crippen LogP contribution in [0.4, 0.5) is 5.69 Å². The second-order valence-corrected chi connectivity index (χ2v) is 4.88. The molecule has 0 atom stereocenters. The third-order valence-corrected chi connectivity index (χ3v) is 3.44. The normalized spacial score (nSPS) is 14.9. The summed E-state index contributed by atoms with van der Waals surface area (Å²) in [4.78, 5) is 22.6. The Morgan fingerprint density at radius 2 is 2.11 bits per heavy atom. The quantitative estimate of drug-likeness (QED) is 0.859. The number of carboxylic acids is 1. The lowest BCUT2D eigenvalue weighted by Crippen LogP contribution is -2.21. The number of anilines is 1. The molecule has 0 unspecified atom stereocenters. The van der Waals surface area contributed by atoms with E-state index >= 15 is 0 Å². The van der Waals surface area contributed by atoms with Gasteiger partial charge < -0.3 is 10.4 Å². The number of benzene rings is 1. The minimum absolute atomic E-state index is 0.0159. The molecule has 0 bridgehead atoms. The van der Waals surface area contributed by atoms with Gasteiger partial charge in [-0.3, -0.25) is 4.79 Å². The summed E-state index contributed by atoms with van der Waals surface area (Å²) in [6.07, 6.45) is 4.08. The Morgan fingerprint density at radius 1 is 1.39 bits per heavy atom. The summed E-state index contributed by atoms with van der Waals surface area (Å²) in [5.41, 5.74) is 1.60. The molecule has 1 aliphatic carbocycles. The van der Waals surface area contributed by atoms with Gasteiger partial charge in [0.25, 0.3) is 0 Å². The Bertz CT molecular complexity index is 478. The van der Waals surface area contributed by atoms with Crippen LogP contribution in [0.1, 0.15) is 41.6 Å². The summed E-state index contributed by atoms with van der Waals surface area (Å²) >= 11 is 0. The average Bonchev–Trinajstić information content (AvgIpc) is 2.23. The van der Waals surface area contributed by atoms with Crippen LogP contribution in [0.25, 0.3) is 0 Å². The first-order valence-electron chi connectivity index (χ1n) is 6.20. The molecule has 0 aliphatic heterocycles. The molecule has 1 aliphatic rings. The molecule has 1 saturated carbocycles. The van der Waals surface area contributed by atoms with E-state index in [0.29, 0.717) is 23.6 Å². The van der Waals surface area contributed by atoms with E-state index in [9.17, 15) is 9.59 Å². The van der Waals surface area contributed by atoms with Crippen LogP contribution in [-0.2, 0) is 4.79 Å². The number of carboxylic acid groups (broad SMARTS) is 1. The minimum atomic E-state index is -0.945. The van der Waals surface area contributed by atoms with Crippen molar-refractivity contribution in [2.24, 2.45) is 5.92 Å². The molecule has 2 rings (SSSR count). The fourth-order valence-electron chi connectivity index (χ4n) is 2.15. The van der Waals surface area contributed by atoms with Gasteiger partial charge in [-0.2, -0.15) is 0 Å². The van der Waals surface area contributed by atoms with Crippen molar-refractivity contribution >= 4 is 17.6 Å². The second kappa shape index (κ2) is 5.21. The first kappa shape index (κ1) is 12.6. The van der Waals surface area contributed by atoms with Crippen molar-refractivity contribution < 1.29 is 14.7 Å². The maximum Gasteiger partial charge on any atom is 0.335 e. The highest BCUT2D eigenvalue weighted by Gasteiger charge is 2.20. The predicted molar refractivity (Wildman–Crippen MR) is 68.7 cm³/mol. The van der Waals surface area contributed by atoms with Crippen LogP contribution in [0, 0.1) is 12.8 Å². The van der Waals surface area contributed by atoms with Gasteiger partial charge in [0.15, 0.2) is 0 Å². The number of nitrogens with one attached hydrogen (secondary N) is 1. The van der Waals surface area contributed by atoms with Gasteiger partial charge in [-0.15, -0.1) is 0 Å². The van der Waals surface area contributed by atoms with Crippen molar-refractivity contribution in [2.45, 2.75) is 32.6 Å². The minimum Gasteiger partial charge on any atom is -0.478 e.